The third kappa shape index (κ3) is 4.44. The molecule has 1 amide bonds. The van der Waals surface area contributed by atoms with Crippen LogP contribution in [0.4, 0.5) is 0 Å². The van der Waals surface area contributed by atoms with Gasteiger partial charge in [0.25, 0.3) is 0 Å². The first kappa shape index (κ1) is 14.1. The molecule has 0 radical (unpaired) electrons. The van der Waals surface area contributed by atoms with Crippen molar-refractivity contribution in [2.24, 2.45) is 0 Å². The van der Waals surface area contributed by atoms with Gasteiger partial charge in [-0.2, -0.15) is 0 Å². The summed E-state index contributed by atoms with van der Waals surface area (Å²) in [6.07, 6.45) is 0.959. The Morgan fingerprint density at radius 3 is 2.47 bits per heavy atom. The van der Waals surface area contributed by atoms with Gasteiger partial charge in [0.05, 0.1) is 13.2 Å². The molecule has 0 bridgehead atoms. The second kappa shape index (κ2) is 6.71. The van der Waals surface area contributed by atoms with Gasteiger partial charge in [-0.25, -0.2) is 0 Å². The maximum Gasteiger partial charge on any atom is 0.236 e. The SMILES string of the molecule is CC(C)N(CCO)CC(=O)N1CCC(=O)CC1. The van der Waals surface area contributed by atoms with Crippen LogP contribution in [0.5, 0.6) is 0 Å². The van der Waals surface area contributed by atoms with Gasteiger partial charge < -0.3 is 10.0 Å². The normalized spacial score (nSPS) is 17.0. The minimum absolute atomic E-state index is 0.0552. The van der Waals surface area contributed by atoms with Crippen LogP contribution in [0, 0.1) is 0 Å². The third-order valence-corrected chi connectivity index (χ3v) is 3.13. The average molecular weight is 242 g/mol. The molecule has 0 aromatic rings. The molecule has 0 aromatic heterocycles. The molecule has 0 aliphatic carbocycles. The van der Waals surface area contributed by atoms with Gasteiger partial charge in [-0.05, 0) is 13.8 Å². The van der Waals surface area contributed by atoms with Gasteiger partial charge in [-0.3, -0.25) is 14.5 Å². The van der Waals surface area contributed by atoms with E-state index < -0.39 is 0 Å². The van der Waals surface area contributed by atoms with Gasteiger partial charge in [0.2, 0.25) is 5.91 Å². The van der Waals surface area contributed by atoms with E-state index in [1.807, 2.05) is 18.7 Å². The number of carbonyl (C=O) groups is 2. The maximum absolute atomic E-state index is 12.0. The Balaban J connectivity index is 2.43. The first-order valence-electron chi connectivity index (χ1n) is 6.19. The molecule has 0 aromatic carbocycles. The van der Waals surface area contributed by atoms with E-state index in [1.54, 1.807) is 4.90 Å². The largest absolute Gasteiger partial charge is 0.395 e. The number of rotatable bonds is 5. The van der Waals surface area contributed by atoms with Crippen LogP contribution in [-0.2, 0) is 9.59 Å². The molecule has 0 unspecified atom stereocenters. The molecular formula is C12H22N2O3. The highest BCUT2D eigenvalue weighted by atomic mass is 16.3. The summed E-state index contributed by atoms with van der Waals surface area (Å²) < 4.78 is 0. The minimum Gasteiger partial charge on any atom is -0.395 e. The first-order valence-corrected chi connectivity index (χ1v) is 6.19. The highest BCUT2D eigenvalue weighted by Gasteiger charge is 2.23. The van der Waals surface area contributed by atoms with Crippen molar-refractivity contribution in [1.82, 2.24) is 9.80 Å². The molecule has 1 aliphatic rings. The number of piperidine rings is 1. The van der Waals surface area contributed by atoms with E-state index in [9.17, 15) is 9.59 Å². The second-order valence-electron chi connectivity index (χ2n) is 4.71. The molecule has 0 spiro atoms. The van der Waals surface area contributed by atoms with E-state index in [1.165, 1.54) is 0 Å². The predicted octanol–water partition coefficient (Wildman–Crippen LogP) is -0.119. The van der Waals surface area contributed by atoms with Crippen molar-refractivity contribution >= 4 is 11.7 Å². The fourth-order valence-electron chi connectivity index (χ4n) is 1.93. The van der Waals surface area contributed by atoms with Gasteiger partial charge in [0.1, 0.15) is 5.78 Å². The number of likely N-dealkylation sites (tertiary alicyclic amines) is 1. The number of hydrogen-bond acceptors (Lipinski definition) is 4. The lowest BCUT2D eigenvalue weighted by molar-refractivity contribution is -0.136. The fraction of sp³-hybridized carbons (Fsp3) is 0.833. The van der Waals surface area contributed by atoms with Crippen molar-refractivity contribution in [2.75, 3.05) is 32.8 Å². The van der Waals surface area contributed by atoms with E-state index in [2.05, 4.69) is 0 Å². The van der Waals surface area contributed by atoms with Crippen LogP contribution in [0.2, 0.25) is 0 Å². The lowest BCUT2D eigenvalue weighted by Crippen LogP contribution is -2.46. The van der Waals surface area contributed by atoms with Crippen molar-refractivity contribution < 1.29 is 14.7 Å². The van der Waals surface area contributed by atoms with Crippen LogP contribution in [0.25, 0.3) is 0 Å². The Labute approximate surface area is 102 Å². The zero-order chi connectivity index (χ0) is 12.8. The van der Waals surface area contributed by atoms with E-state index in [-0.39, 0.29) is 24.3 Å². The van der Waals surface area contributed by atoms with E-state index >= 15 is 0 Å². The Hall–Kier alpha value is -0.940. The predicted molar refractivity (Wildman–Crippen MR) is 64.6 cm³/mol. The molecule has 1 heterocycles. The molecule has 1 aliphatic heterocycles. The molecule has 0 atom stereocenters. The van der Waals surface area contributed by atoms with Gasteiger partial charge in [-0.1, -0.05) is 0 Å². The molecule has 98 valence electrons. The number of Topliss-reactive ketones (excluding diaryl/α,β-unsaturated/α-hetero) is 1. The summed E-state index contributed by atoms with van der Waals surface area (Å²) >= 11 is 0. The van der Waals surface area contributed by atoms with Crippen molar-refractivity contribution in [2.45, 2.75) is 32.7 Å². The number of amides is 1. The lowest BCUT2D eigenvalue weighted by atomic mass is 10.1. The summed E-state index contributed by atoms with van der Waals surface area (Å²) in [6, 6.07) is 0.234. The van der Waals surface area contributed by atoms with E-state index in [0.29, 0.717) is 39.0 Å². The van der Waals surface area contributed by atoms with Crippen LogP contribution in [-0.4, -0.2) is 65.4 Å². The summed E-state index contributed by atoms with van der Waals surface area (Å²) in [5.41, 5.74) is 0. The summed E-state index contributed by atoms with van der Waals surface area (Å²) in [7, 11) is 0. The zero-order valence-corrected chi connectivity index (χ0v) is 10.7. The molecule has 5 heteroatoms. The van der Waals surface area contributed by atoms with Gasteiger partial charge in [0, 0.05) is 38.5 Å². The van der Waals surface area contributed by atoms with Crippen molar-refractivity contribution in [3.8, 4) is 0 Å². The molecule has 1 rings (SSSR count). The second-order valence-corrected chi connectivity index (χ2v) is 4.71. The number of ketones is 1. The van der Waals surface area contributed by atoms with Crippen molar-refractivity contribution in [3.63, 3.8) is 0 Å². The topological polar surface area (TPSA) is 60.9 Å². The van der Waals surface area contributed by atoms with Crippen LogP contribution in [0.1, 0.15) is 26.7 Å². The van der Waals surface area contributed by atoms with Crippen LogP contribution in [0.15, 0.2) is 0 Å². The molecule has 1 saturated heterocycles. The number of aliphatic hydroxyl groups excluding tert-OH is 1. The number of hydrogen-bond donors (Lipinski definition) is 1. The highest BCUT2D eigenvalue weighted by molar-refractivity contribution is 5.84. The Morgan fingerprint density at radius 1 is 1.41 bits per heavy atom. The standard InChI is InChI=1S/C12H22N2O3/c1-10(2)14(7-8-15)9-12(17)13-5-3-11(16)4-6-13/h10,15H,3-9H2,1-2H3. The molecule has 1 fully saturated rings. The number of nitrogens with zero attached hydrogens (tertiary/aromatic N) is 2. The molecule has 5 nitrogen and oxygen atoms in total. The molecular weight excluding hydrogens is 220 g/mol. The third-order valence-electron chi connectivity index (χ3n) is 3.13. The van der Waals surface area contributed by atoms with Crippen LogP contribution >= 0.6 is 0 Å². The summed E-state index contributed by atoms with van der Waals surface area (Å²) in [4.78, 5) is 26.8. The Kier molecular flexibility index (Phi) is 5.58. The van der Waals surface area contributed by atoms with Crippen LogP contribution < -0.4 is 0 Å². The minimum atomic E-state index is 0.0552. The number of aliphatic hydroxyl groups is 1. The highest BCUT2D eigenvalue weighted by Crippen LogP contribution is 2.07. The quantitative estimate of drug-likeness (QED) is 0.730. The van der Waals surface area contributed by atoms with Gasteiger partial charge >= 0.3 is 0 Å². The molecule has 17 heavy (non-hydrogen) atoms. The Morgan fingerprint density at radius 2 is 2.00 bits per heavy atom. The molecule has 0 saturated carbocycles. The fourth-order valence-corrected chi connectivity index (χ4v) is 1.93. The van der Waals surface area contributed by atoms with Gasteiger partial charge in [-0.15, -0.1) is 0 Å². The van der Waals surface area contributed by atoms with E-state index in [0.717, 1.165) is 0 Å². The monoisotopic (exact) mass is 242 g/mol. The summed E-state index contributed by atoms with van der Waals surface area (Å²) in [5.74, 6) is 0.296. The maximum atomic E-state index is 12.0. The van der Waals surface area contributed by atoms with Crippen LogP contribution in [0.3, 0.4) is 0 Å². The van der Waals surface area contributed by atoms with E-state index in [4.69, 9.17) is 5.11 Å². The summed E-state index contributed by atoms with van der Waals surface area (Å²) in [5, 5.41) is 8.93. The summed E-state index contributed by atoms with van der Waals surface area (Å²) in [6.45, 7) is 5.99. The first-order chi connectivity index (χ1) is 8.04. The van der Waals surface area contributed by atoms with Crippen molar-refractivity contribution in [3.05, 3.63) is 0 Å². The smallest absolute Gasteiger partial charge is 0.236 e. The van der Waals surface area contributed by atoms with Gasteiger partial charge in [0.15, 0.2) is 0 Å². The average Bonchev–Trinajstić information content (AvgIpc) is 2.29. The Bertz CT molecular complexity index is 269. The van der Waals surface area contributed by atoms with Crippen molar-refractivity contribution in [1.29, 1.82) is 0 Å². The molecule has 1 N–H and O–H groups in total. The zero-order valence-electron chi connectivity index (χ0n) is 10.7. The lowest BCUT2D eigenvalue weighted by Gasteiger charge is -2.31. The number of carbonyl (C=O) groups excluding carboxylic acids is 2.